The molecule has 122 valence electrons. The van der Waals surface area contributed by atoms with Crippen molar-refractivity contribution in [3.05, 3.63) is 35.4 Å². The molecule has 2 N–H and O–H groups in total. The van der Waals surface area contributed by atoms with Crippen LogP contribution in [0.3, 0.4) is 0 Å². The maximum absolute atomic E-state index is 12.6. The van der Waals surface area contributed by atoms with Gasteiger partial charge in [0.1, 0.15) is 6.04 Å². The maximum Gasteiger partial charge on any atom is 0.416 e. The van der Waals surface area contributed by atoms with Crippen LogP contribution < -0.4 is 5.32 Å². The van der Waals surface area contributed by atoms with Crippen molar-refractivity contribution in [2.75, 3.05) is 0 Å². The van der Waals surface area contributed by atoms with Gasteiger partial charge in [0.05, 0.1) is 12.0 Å². The maximum atomic E-state index is 12.6. The van der Waals surface area contributed by atoms with Gasteiger partial charge in [-0.25, -0.2) is 4.79 Å². The van der Waals surface area contributed by atoms with Gasteiger partial charge in [-0.2, -0.15) is 13.2 Å². The van der Waals surface area contributed by atoms with Gasteiger partial charge in [-0.05, 0) is 17.5 Å². The van der Waals surface area contributed by atoms with Crippen LogP contribution in [-0.2, 0) is 22.2 Å². The summed E-state index contributed by atoms with van der Waals surface area (Å²) in [6, 6.07) is 3.37. The highest BCUT2D eigenvalue weighted by Crippen LogP contribution is 2.29. The van der Waals surface area contributed by atoms with Crippen LogP contribution in [-0.4, -0.2) is 23.0 Å². The van der Waals surface area contributed by atoms with E-state index in [-0.39, 0.29) is 17.9 Å². The lowest BCUT2D eigenvalue weighted by Crippen LogP contribution is -2.45. The van der Waals surface area contributed by atoms with E-state index in [1.54, 1.807) is 13.8 Å². The molecule has 2 atom stereocenters. The number of halogens is 3. The van der Waals surface area contributed by atoms with Gasteiger partial charge in [-0.3, -0.25) is 4.79 Å². The number of aliphatic carboxylic acids is 1. The van der Waals surface area contributed by atoms with Gasteiger partial charge in [-0.1, -0.05) is 38.5 Å². The third-order valence-electron chi connectivity index (χ3n) is 3.41. The van der Waals surface area contributed by atoms with E-state index in [0.29, 0.717) is 6.42 Å². The molecule has 1 aromatic rings. The number of benzene rings is 1. The molecule has 1 aromatic carbocycles. The van der Waals surface area contributed by atoms with Gasteiger partial charge in [0.25, 0.3) is 0 Å². The van der Waals surface area contributed by atoms with Crippen LogP contribution in [0.25, 0.3) is 0 Å². The molecule has 0 saturated heterocycles. The molecular weight excluding hydrogens is 299 g/mol. The van der Waals surface area contributed by atoms with Gasteiger partial charge in [0, 0.05) is 0 Å². The number of nitrogens with one attached hydrogen (secondary N) is 1. The van der Waals surface area contributed by atoms with Gasteiger partial charge in [0.15, 0.2) is 0 Å². The van der Waals surface area contributed by atoms with Crippen LogP contribution in [0.2, 0.25) is 0 Å². The molecule has 0 unspecified atom stereocenters. The number of hydrogen-bond donors (Lipinski definition) is 2. The first-order valence-corrected chi connectivity index (χ1v) is 6.83. The van der Waals surface area contributed by atoms with Crippen molar-refractivity contribution in [1.82, 2.24) is 5.32 Å². The third-order valence-corrected chi connectivity index (χ3v) is 3.41. The quantitative estimate of drug-likeness (QED) is 0.848. The normalized spacial score (nSPS) is 14.2. The molecule has 0 aromatic heterocycles. The highest BCUT2D eigenvalue weighted by Gasteiger charge is 2.30. The third kappa shape index (κ3) is 5.05. The SMILES string of the molecule is CC[C@@H](C)[C@H](NC(=O)Cc1cccc(C(F)(F)F)c1)C(=O)O. The summed E-state index contributed by atoms with van der Waals surface area (Å²) in [6.07, 6.45) is -4.22. The van der Waals surface area contributed by atoms with Crippen LogP contribution in [0.5, 0.6) is 0 Å². The molecule has 0 saturated carbocycles. The van der Waals surface area contributed by atoms with Crippen LogP contribution in [0.15, 0.2) is 24.3 Å². The molecule has 0 fully saturated rings. The Hall–Kier alpha value is -2.05. The number of carbonyl (C=O) groups excluding carboxylic acids is 1. The topological polar surface area (TPSA) is 66.4 Å². The highest BCUT2D eigenvalue weighted by atomic mass is 19.4. The van der Waals surface area contributed by atoms with Crippen molar-refractivity contribution >= 4 is 11.9 Å². The minimum absolute atomic E-state index is 0.181. The summed E-state index contributed by atoms with van der Waals surface area (Å²) in [6.45, 7) is 3.48. The second-order valence-electron chi connectivity index (χ2n) is 5.14. The molecule has 0 aliphatic carbocycles. The van der Waals surface area contributed by atoms with Gasteiger partial charge >= 0.3 is 12.1 Å². The lowest BCUT2D eigenvalue weighted by atomic mass is 9.99. The molecule has 0 aliphatic heterocycles. The van der Waals surface area contributed by atoms with E-state index in [4.69, 9.17) is 5.11 Å². The Bertz CT molecular complexity index is 543. The summed E-state index contributed by atoms with van der Waals surface area (Å²) < 4.78 is 37.8. The zero-order valence-electron chi connectivity index (χ0n) is 12.3. The van der Waals surface area contributed by atoms with E-state index in [9.17, 15) is 22.8 Å². The second kappa shape index (κ2) is 7.29. The van der Waals surface area contributed by atoms with E-state index in [2.05, 4.69) is 5.32 Å². The van der Waals surface area contributed by atoms with Crippen LogP contribution in [0.1, 0.15) is 31.4 Å². The average molecular weight is 317 g/mol. The summed E-state index contributed by atoms with van der Waals surface area (Å²) in [5, 5.41) is 11.4. The number of amides is 1. The second-order valence-corrected chi connectivity index (χ2v) is 5.14. The predicted molar refractivity (Wildman–Crippen MR) is 74.2 cm³/mol. The Morgan fingerprint density at radius 2 is 1.95 bits per heavy atom. The highest BCUT2D eigenvalue weighted by molar-refractivity contribution is 5.85. The number of rotatable bonds is 6. The van der Waals surface area contributed by atoms with Gasteiger partial charge in [0.2, 0.25) is 5.91 Å². The zero-order chi connectivity index (χ0) is 16.9. The molecule has 0 bridgehead atoms. The molecule has 22 heavy (non-hydrogen) atoms. The fourth-order valence-corrected chi connectivity index (χ4v) is 1.95. The first-order valence-electron chi connectivity index (χ1n) is 6.83. The summed E-state index contributed by atoms with van der Waals surface area (Å²) in [5.74, 6) is -2.05. The summed E-state index contributed by atoms with van der Waals surface area (Å²) in [4.78, 5) is 23.0. The molecule has 1 rings (SSSR count). The Morgan fingerprint density at radius 1 is 1.32 bits per heavy atom. The molecule has 0 radical (unpaired) electrons. The largest absolute Gasteiger partial charge is 0.480 e. The minimum Gasteiger partial charge on any atom is -0.480 e. The fraction of sp³-hybridized carbons (Fsp3) is 0.467. The van der Waals surface area contributed by atoms with Crippen molar-refractivity contribution < 1.29 is 27.9 Å². The van der Waals surface area contributed by atoms with Gasteiger partial charge < -0.3 is 10.4 Å². The summed E-state index contributed by atoms with van der Waals surface area (Å²) in [5.41, 5.74) is -0.657. The standard InChI is InChI=1S/C15H18F3NO3/c1-3-9(2)13(14(21)22)19-12(20)8-10-5-4-6-11(7-10)15(16,17)18/h4-7,9,13H,3,8H2,1-2H3,(H,19,20)(H,21,22)/t9-,13+/m1/s1. The Balaban J connectivity index is 2.78. The monoisotopic (exact) mass is 317 g/mol. The van der Waals surface area contributed by atoms with E-state index in [0.717, 1.165) is 12.1 Å². The zero-order valence-corrected chi connectivity index (χ0v) is 12.3. The van der Waals surface area contributed by atoms with E-state index in [1.165, 1.54) is 12.1 Å². The first-order chi connectivity index (χ1) is 10.1. The molecule has 0 heterocycles. The molecular formula is C15H18F3NO3. The smallest absolute Gasteiger partial charge is 0.416 e. The number of carboxylic acid groups (broad SMARTS) is 1. The minimum atomic E-state index is -4.48. The van der Waals surface area contributed by atoms with Crippen LogP contribution in [0, 0.1) is 5.92 Å². The molecule has 1 amide bonds. The summed E-state index contributed by atoms with van der Waals surface area (Å²) in [7, 11) is 0. The number of hydrogen-bond acceptors (Lipinski definition) is 2. The number of carboxylic acids is 1. The Kier molecular flexibility index (Phi) is 5.96. The van der Waals surface area contributed by atoms with Crippen LogP contribution >= 0.6 is 0 Å². The van der Waals surface area contributed by atoms with E-state index >= 15 is 0 Å². The van der Waals surface area contributed by atoms with Crippen molar-refractivity contribution in [2.45, 2.75) is 38.9 Å². The first kappa shape index (κ1) is 18.0. The lowest BCUT2D eigenvalue weighted by molar-refractivity contribution is -0.143. The molecule has 4 nitrogen and oxygen atoms in total. The Labute approximate surface area is 126 Å². The number of alkyl halides is 3. The van der Waals surface area contributed by atoms with Crippen molar-refractivity contribution in [3.8, 4) is 0 Å². The Morgan fingerprint density at radius 3 is 2.45 bits per heavy atom. The number of carbonyl (C=O) groups is 2. The van der Waals surface area contributed by atoms with E-state index < -0.39 is 29.7 Å². The lowest BCUT2D eigenvalue weighted by Gasteiger charge is -2.20. The van der Waals surface area contributed by atoms with Gasteiger partial charge in [-0.15, -0.1) is 0 Å². The molecule has 0 spiro atoms. The van der Waals surface area contributed by atoms with Crippen LogP contribution in [0.4, 0.5) is 13.2 Å². The van der Waals surface area contributed by atoms with E-state index in [1.807, 2.05) is 0 Å². The van der Waals surface area contributed by atoms with Crippen molar-refractivity contribution in [1.29, 1.82) is 0 Å². The fourth-order valence-electron chi connectivity index (χ4n) is 1.95. The average Bonchev–Trinajstić information content (AvgIpc) is 2.43. The molecule has 7 heteroatoms. The van der Waals surface area contributed by atoms with Crippen molar-refractivity contribution in [2.24, 2.45) is 5.92 Å². The summed E-state index contributed by atoms with van der Waals surface area (Å²) >= 11 is 0. The molecule has 0 aliphatic rings. The predicted octanol–water partition coefficient (Wildman–Crippen LogP) is 2.86. The van der Waals surface area contributed by atoms with Crippen molar-refractivity contribution in [3.63, 3.8) is 0 Å².